The van der Waals surface area contributed by atoms with Crippen LogP contribution in [0.3, 0.4) is 0 Å². The van der Waals surface area contributed by atoms with Gasteiger partial charge in [-0.3, -0.25) is 4.98 Å². The molecule has 6 nitrogen and oxygen atoms in total. The summed E-state index contributed by atoms with van der Waals surface area (Å²) in [7, 11) is 1.64. The molecule has 3 heterocycles. The maximum absolute atomic E-state index is 6.70. The average molecular weight is 575 g/mol. The first-order valence-corrected chi connectivity index (χ1v) is 14.2. The molecule has 5 rings (SSSR count). The zero-order chi connectivity index (χ0) is 28.6. The second-order valence-electron chi connectivity index (χ2n) is 10.4. The van der Waals surface area contributed by atoms with Crippen LogP contribution < -0.4 is 15.0 Å². The van der Waals surface area contributed by atoms with Crippen LogP contribution in [0.4, 0.5) is 5.69 Å². The van der Waals surface area contributed by atoms with Crippen LogP contribution in [0.2, 0.25) is 5.02 Å². The van der Waals surface area contributed by atoms with Gasteiger partial charge in [0.1, 0.15) is 12.4 Å². The van der Waals surface area contributed by atoms with Crippen LogP contribution in [0.15, 0.2) is 60.8 Å². The monoisotopic (exact) mass is 574 g/mol. The Kier molecular flexibility index (Phi) is 8.17. The fourth-order valence-electron chi connectivity index (χ4n) is 5.90. The standard InChI is InChI=1S/C32H35ClN4O2S/c1-19-15-20(2)30(21(3)16-19)36-22(4)17-25(23(36)5)31-29(27-9-7-8-12-34-27)35-32(40)37(31)24-10-11-28(26(33)18-24)39-14-13-38-6/h7-12,15-18,29,31H,13-14H2,1-6H3,(H,35,40)/t29-,31-/m1/s1. The van der Waals surface area contributed by atoms with E-state index in [1.165, 1.54) is 39.3 Å². The lowest BCUT2D eigenvalue weighted by atomic mass is 9.96. The number of nitrogens with one attached hydrogen (secondary N) is 1. The van der Waals surface area contributed by atoms with Gasteiger partial charge in [-0.05, 0) is 99.9 Å². The second kappa shape index (κ2) is 11.6. The van der Waals surface area contributed by atoms with E-state index in [4.69, 9.17) is 38.3 Å². The quantitative estimate of drug-likeness (QED) is 0.176. The maximum Gasteiger partial charge on any atom is 0.174 e. The third-order valence-electron chi connectivity index (χ3n) is 7.48. The highest BCUT2D eigenvalue weighted by molar-refractivity contribution is 7.80. The Morgan fingerprint density at radius 3 is 2.38 bits per heavy atom. The van der Waals surface area contributed by atoms with Gasteiger partial charge in [-0.1, -0.05) is 35.4 Å². The first-order valence-electron chi connectivity index (χ1n) is 13.4. The molecule has 4 aromatic rings. The first kappa shape index (κ1) is 28.1. The van der Waals surface area contributed by atoms with Crippen LogP contribution >= 0.6 is 23.8 Å². The van der Waals surface area contributed by atoms with E-state index in [0.717, 1.165) is 11.4 Å². The molecule has 2 aromatic heterocycles. The molecule has 0 aliphatic carbocycles. The molecule has 0 amide bonds. The van der Waals surface area contributed by atoms with Gasteiger partial charge >= 0.3 is 0 Å². The molecule has 0 spiro atoms. The molecule has 40 heavy (non-hydrogen) atoms. The van der Waals surface area contributed by atoms with Crippen molar-refractivity contribution in [3.8, 4) is 11.4 Å². The molecule has 0 saturated carbocycles. The Balaban J connectivity index is 1.64. The summed E-state index contributed by atoms with van der Waals surface area (Å²) in [5.74, 6) is 0.613. The normalized spacial score (nSPS) is 16.9. The van der Waals surface area contributed by atoms with E-state index in [0.29, 0.717) is 29.1 Å². The number of anilines is 1. The summed E-state index contributed by atoms with van der Waals surface area (Å²) in [6.07, 6.45) is 1.82. The molecule has 2 atom stereocenters. The van der Waals surface area contributed by atoms with Crippen molar-refractivity contribution in [2.75, 3.05) is 25.2 Å². The number of halogens is 1. The van der Waals surface area contributed by atoms with Gasteiger partial charge in [0, 0.05) is 30.4 Å². The maximum atomic E-state index is 6.70. The van der Waals surface area contributed by atoms with E-state index in [9.17, 15) is 0 Å². The van der Waals surface area contributed by atoms with Crippen LogP contribution in [-0.2, 0) is 4.74 Å². The largest absolute Gasteiger partial charge is 0.490 e. The van der Waals surface area contributed by atoms with Crippen molar-refractivity contribution in [1.82, 2.24) is 14.9 Å². The topological polar surface area (TPSA) is 51.6 Å². The minimum atomic E-state index is -0.153. The molecule has 1 fully saturated rings. The number of pyridine rings is 1. The van der Waals surface area contributed by atoms with Crippen molar-refractivity contribution >= 4 is 34.6 Å². The van der Waals surface area contributed by atoms with Crippen LogP contribution in [0.5, 0.6) is 5.75 Å². The van der Waals surface area contributed by atoms with Crippen LogP contribution in [0.25, 0.3) is 5.69 Å². The minimum Gasteiger partial charge on any atom is -0.490 e. The third kappa shape index (κ3) is 5.21. The number of hydrogen-bond donors (Lipinski definition) is 1. The van der Waals surface area contributed by atoms with Gasteiger partial charge in [0.25, 0.3) is 0 Å². The van der Waals surface area contributed by atoms with Gasteiger partial charge in [-0.25, -0.2) is 0 Å². The smallest absolute Gasteiger partial charge is 0.174 e. The Morgan fingerprint density at radius 1 is 0.975 bits per heavy atom. The van der Waals surface area contributed by atoms with Crippen molar-refractivity contribution in [3.63, 3.8) is 0 Å². The molecule has 0 bridgehead atoms. The predicted molar refractivity (Wildman–Crippen MR) is 166 cm³/mol. The second-order valence-corrected chi connectivity index (χ2v) is 11.2. The SMILES string of the molecule is COCCOc1ccc(N2C(=S)N[C@H](c3ccccn3)[C@H]2c2cc(C)n(-c3c(C)cc(C)cc3C)c2C)cc1Cl. The highest BCUT2D eigenvalue weighted by atomic mass is 35.5. The van der Waals surface area contributed by atoms with Crippen molar-refractivity contribution in [3.05, 3.63) is 105 Å². The summed E-state index contributed by atoms with van der Waals surface area (Å²) >= 11 is 12.7. The summed E-state index contributed by atoms with van der Waals surface area (Å²) in [5.41, 5.74) is 10.3. The molecular formula is C32H35ClN4O2S. The molecule has 1 aliphatic rings. The van der Waals surface area contributed by atoms with E-state index in [1.54, 1.807) is 7.11 Å². The van der Waals surface area contributed by atoms with E-state index in [-0.39, 0.29) is 12.1 Å². The number of hydrogen-bond acceptors (Lipinski definition) is 4. The fourth-order valence-corrected chi connectivity index (χ4v) is 6.47. The summed E-state index contributed by atoms with van der Waals surface area (Å²) in [4.78, 5) is 6.87. The van der Waals surface area contributed by atoms with Gasteiger partial charge in [-0.2, -0.15) is 0 Å². The van der Waals surface area contributed by atoms with Crippen molar-refractivity contribution in [2.24, 2.45) is 0 Å². The third-order valence-corrected chi connectivity index (χ3v) is 8.09. The van der Waals surface area contributed by atoms with E-state index >= 15 is 0 Å². The number of nitrogens with zero attached hydrogens (tertiary/aromatic N) is 3. The van der Waals surface area contributed by atoms with Crippen LogP contribution in [0, 0.1) is 34.6 Å². The molecule has 1 saturated heterocycles. The van der Waals surface area contributed by atoms with Crippen molar-refractivity contribution in [2.45, 2.75) is 46.7 Å². The summed E-state index contributed by atoms with van der Waals surface area (Å²) in [6.45, 7) is 11.8. The van der Waals surface area contributed by atoms with Gasteiger partial charge in [0.15, 0.2) is 5.11 Å². The van der Waals surface area contributed by atoms with E-state index in [1.807, 2.05) is 42.6 Å². The zero-order valence-electron chi connectivity index (χ0n) is 23.8. The van der Waals surface area contributed by atoms with Gasteiger partial charge in [-0.15, -0.1) is 0 Å². The van der Waals surface area contributed by atoms with Gasteiger partial charge < -0.3 is 24.3 Å². The molecule has 0 radical (unpaired) electrons. The highest BCUT2D eigenvalue weighted by Crippen LogP contribution is 2.45. The molecule has 0 unspecified atom stereocenters. The number of aryl methyl sites for hydroxylation is 4. The first-order chi connectivity index (χ1) is 19.2. The average Bonchev–Trinajstić information content (AvgIpc) is 3.40. The lowest BCUT2D eigenvalue weighted by Gasteiger charge is -2.28. The van der Waals surface area contributed by atoms with Crippen molar-refractivity contribution in [1.29, 1.82) is 0 Å². The van der Waals surface area contributed by atoms with Crippen LogP contribution in [0.1, 0.15) is 51.4 Å². The number of rotatable bonds is 8. The number of methoxy groups -OCH3 is 1. The number of ether oxygens (including phenoxy) is 2. The highest BCUT2D eigenvalue weighted by Gasteiger charge is 2.42. The molecular weight excluding hydrogens is 540 g/mol. The van der Waals surface area contributed by atoms with Gasteiger partial charge in [0.05, 0.1) is 35.1 Å². The number of benzene rings is 2. The minimum absolute atomic E-state index is 0.148. The number of aromatic nitrogens is 2. The summed E-state index contributed by atoms with van der Waals surface area (Å²) in [5, 5.41) is 4.71. The molecule has 208 valence electrons. The van der Waals surface area contributed by atoms with Gasteiger partial charge in [0.2, 0.25) is 0 Å². The molecule has 8 heteroatoms. The molecule has 1 N–H and O–H groups in total. The Bertz CT molecular complexity index is 1530. The van der Waals surface area contributed by atoms with E-state index in [2.05, 4.69) is 67.6 Å². The molecule has 1 aliphatic heterocycles. The van der Waals surface area contributed by atoms with Crippen LogP contribution in [-0.4, -0.2) is 35.0 Å². The summed E-state index contributed by atoms with van der Waals surface area (Å²) in [6, 6.07) is 18.3. The van der Waals surface area contributed by atoms with Crippen molar-refractivity contribution < 1.29 is 9.47 Å². The fraction of sp³-hybridized carbons (Fsp3) is 0.312. The Labute approximate surface area is 246 Å². The zero-order valence-corrected chi connectivity index (χ0v) is 25.4. The molecule has 2 aromatic carbocycles. The van der Waals surface area contributed by atoms with E-state index < -0.39 is 0 Å². The lowest BCUT2D eigenvalue weighted by molar-refractivity contribution is 0.146. The number of thiocarbonyl (C=S) groups is 1. The Hall–Kier alpha value is -3.39. The predicted octanol–water partition coefficient (Wildman–Crippen LogP) is 7.27. The Morgan fingerprint density at radius 2 is 1.73 bits per heavy atom. The lowest BCUT2D eigenvalue weighted by Crippen LogP contribution is -2.29. The summed E-state index contributed by atoms with van der Waals surface area (Å²) < 4.78 is 13.3.